The van der Waals surface area contributed by atoms with Crippen molar-refractivity contribution in [2.45, 2.75) is 108 Å². The Morgan fingerprint density at radius 2 is 1.71 bits per heavy atom. The van der Waals surface area contributed by atoms with Gasteiger partial charge in [0, 0.05) is 37.5 Å². The molecule has 2 aliphatic heterocycles. The fraction of sp³-hybridized carbons (Fsp3) is 0.618. The van der Waals surface area contributed by atoms with Crippen molar-refractivity contribution >= 4 is 17.9 Å². The van der Waals surface area contributed by atoms with Crippen molar-refractivity contribution in [2.75, 3.05) is 6.61 Å². The predicted molar refractivity (Wildman–Crippen MR) is 157 cm³/mol. The van der Waals surface area contributed by atoms with Gasteiger partial charge in [-0.1, -0.05) is 45.5 Å². The van der Waals surface area contributed by atoms with Crippen LogP contribution in [0.15, 0.2) is 54.1 Å². The van der Waals surface area contributed by atoms with Crippen LogP contribution in [0.5, 0.6) is 0 Å². The van der Waals surface area contributed by atoms with Crippen LogP contribution in [0.2, 0.25) is 0 Å². The molecule has 0 amide bonds. The molecule has 0 radical (unpaired) electrons. The summed E-state index contributed by atoms with van der Waals surface area (Å²) in [6.07, 6.45) is -5.32. The van der Waals surface area contributed by atoms with Crippen molar-refractivity contribution in [1.82, 2.24) is 0 Å². The molecular formula is C34H42O11. The van der Waals surface area contributed by atoms with Gasteiger partial charge in [-0.3, -0.25) is 9.59 Å². The number of rotatable bonds is 5. The molecule has 11 nitrogen and oxygen atoms in total. The molecule has 2 saturated carbocycles. The number of ether oxygens (including phenoxy) is 6. The minimum atomic E-state index is -1.97. The van der Waals surface area contributed by atoms with Gasteiger partial charge < -0.3 is 38.6 Å². The maximum Gasteiger partial charge on any atom is 0.338 e. The highest BCUT2D eigenvalue weighted by Gasteiger charge is 2.79. The van der Waals surface area contributed by atoms with Crippen molar-refractivity contribution in [3.8, 4) is 0 Å². The Labute approximate surface area is 262 Å². The van der Waals surface area contributed by atoms with E-state index in [-0.39, 0.29) is 25.0 Å². The molecule has 1 aromatic rings. The van der Waals surface area contributed by atoms with Crippen LogP contribution in [0.4, 0.5) is 0 Å². The molecule has 6 rings (SSSR count). The second kappa shape index (κ2) is 10.7. The van der Waals surface area contributed by atoms with E-state index in [9.17, 15) is 24.6 Å². The highest BCUT2D eigenvalue weighted by atomic mass is 16.7. The summed E-state index contributed by atoms with van der Waals surface area (Å²) >= 11 is 0. The van der Waals surface area contributed by atoms with E-state index >= 15 is 0 Å². The number of hydrogen-bond acceptors (Lipinski definition) is 11. The van der Waals surface area contributed by atoms with Gasteiger partial charge in [0.2, 0.25) is 0 Å². The van der Waals surface area contributed by atoms with Crippen molar-refractivity contribution in [3.63, 3.8) is 0 Å². The van der Waals surface area contributed by atoms with Crippen LogP contribution in [0.25, 0.3) is 0 Å². The third-order valence-electron chi connectivity index (χ3n) is 11.1. The lowest BCUT2D eigenvalue weighted by atomic mass is 9.44. The largest absolute Gasteiger partial charge is 0.455 e. The Morgan fingerprint density at radius 1 is 1.02 bits per heavy atom. The summed E-state index contributed by atoms with van der Waals surface area (Å²) in [5.74, 6) is -2.89. The lowest BCUT2D eigenvalue weighted by molar-refractivity contribution is -0.405. The van der Waals surface area contributed by atoms with Gasteiger partial charge in [-0.05, 0) is 36.3 Å². The number of benzene rings is 1. The highest BCUT2D eigenvalue weighted by Crippen LogP contribution is 2.67. The molecule has 0 aromatic heterocycles. The standard InChI is InChI=1S/C34H42O11/c1-8-24-42-22-14-23-33(16-40-23,45-19(4)36)27-29(44-30(38)20-12-10-9-11-13-20)34(39)15-21(37)17(2)25(31(34,5)6)26(41-18(3)35)28(43-24)32(22,27)7/h8-13,21-24,26-29,37,39H,1,14-16H2,2-7H3/t21-,22?,23+,24?,26-,27-,28?,29-,32+,33-,34+/m0/s1. The zero-order valence-electron chi connectivity index (χ0n) is 26.5. The van der Waals surface area contributed by atoms with Crippen molar-refractivity contribution < 1.29 is 53.0 Å². The average molecular weight is 627 g/mol. The van der Waals surface area contributed by atoms with Gasteiger partial charge >= 0.3 is 17.9 Å². The van der Waals surface area contributed by atoms with Gasteiger partial charge in [0.15, 0.2) is 18.0 Å². The normalized spacial score (nSPS) is 42.8. The first-order chi connectivity index (χ1) is 21.1. The molecule has 1 aromatic carbocycles. The maximum absolute atomic E-state index is 13.9. The minimum absolute atomic E-state index is 0.0414. The maximum atomic E-state index is 13.9. The first kappa shape index (κ1) is 31.9. The molecule has 3 aliphatic carbocycles. The fourth-order valence-electron chi connectivity index (χ4n) is 8.97. The smallest absolute Gasteiger partial charge is 0.338 e. The second-order valence-electron chi connectivity index (χ2n) is 13.8. The summed E-state index contributed by atoms with van der Waals surface area (Å²) < 4.78 is 37.8. The molecule has 3 unspecified atom stereocenters. The average Bonchev–Trinajstić information content (AvgIpc) is 2.96. The van der Waals surface area contributed by atoms with Gasteiger partial charge in [-0.25, -0.2) is 4.79 Å². The zero-order chi connectivity index (χ0) is 32.7. The molecule has 45 heavy (non-hydrogen) atoms. The molecule has 11 heteroatoms. The lowest BCUT2D eigenvalue weighted by Crippen LogP contribution is -2.83. The zero-order valence-corrected chi connectivity index (χ0v) is 26.5. The number of carbonyl (C=O) groups excluding carboxylic acids is 3. The van der Waals surface area contributed by atoms with E-state index in [0.29, 0.717) is 11.1 Å². The minimum Gasteiger partial charge on any atom is -0.455 e. The van der Waals surface area contributed by atoms with Gasteiger partial charge in [0.25, 0.3) is 0 Å². The monoisotopic (exact) mass is 626 g/mol. The van der Waals surface area contributed by atoms with Crippen molar-refractivity contribution in [2.24, 2.45) is 16.7 Å². The van der Waals surface area contributed by atoms with Gasteiger partial charge in [-0.15, -0.1) is 0 Å². The Morgan fingerprint density at radius 3 is 2.29 bits per heavy atom. The number of aliphatic hydroxyl groups excluding tert-OH is 1. The SMILES string of the molecule is C=CC1OC2C[C@H]3OC[C@@]3(OC(C)=O)[C@H]3[C@H](OC(=O)c4ccccc4)[C@]4(O)C[C@H](O)C(C)=C([C@H](OC(C)=O)C(O1)[C@]23C)C4(C)C. The van der Waals surface area contributed by atoms with Crippen LogP contribution in [0.1, 0.15) is 64.7 Å². The van der Waals surface area contributed by atoms with Crippen LogP contribution in [0, 0.1) is 16.7 Å². The first-order valence-corrected chi connectivity index (χ1v) is 15.4. The number of hydrogen-bond donors (Lipinski definition) is 2. The molecule has 0 spiro atoms. The van der Waals surface area contributed by atoms with E-state index in [0.717, 1.165) is 0 Å². The summed E-state index contributed by atoms with van der Waals surface area (Å²) in [6, 6.07) is 8.39. The Kier molecular flexibility index (Phi) is 7.60. The summed E-state index contributed by atoms with van der Waals surface area (Å²) in [6.45, 7) is 13.6. The first-order valence-electron chi connectivity index (χ1n) is 15.4. The van der Waals surface area contributed by atoms with Crippen LogP contribution in [-0.4, -0.2) is 88.8 Å². The molecule has 2 heterocycles. The molecular weight excluding hydrogens is 584 g/mol. The summed E-state index contributed by atoms with van der Waals surface area (Å²) in [5, 5.41) is 24.7. The highest BCUT2D eigenvalue weighted by molar-refractivity contribution is 5.89. The van der Waals surface area contributed by atoms with E-state index < -0.39 is 88.8 Å². The summed E-state index contributed by atoms with van der Waals surface area (Å²) in [5.41, 5.74) is -4.60. The topological polar surface area (TPSA) is 147 Å². The molecule has 2 saturated heterocycles. The number of fused-ring (bicyclic) bond motifs is 4. The summed E-state index contributed by atoms with van der Waals surface area (Å²) in [4.78, 5) is 39.6. The lowest BCUT2D eigenvalue weighted by Gasteiger charge is -2.71. The van der Waals surface area contributed by atoms with Gasteiger partial charge in [0.1, 0.15) is 23.9 Å². The predicted octanol–water partition coefficient (Wildman–Crippen LogP) is 3.02. The van der Waals surface area contributed by atoms with Crippen LogP contribution >= 0.6 is 0 Å². The fourth-order valence-corrected chi connectivity index (χ4v) is 8.97. The van der Waals surface area contributed by atoms with E-state index in [1.54, 1.807) is 51.1 Å². The van der Waals surface area contributed by atoms with E-state index in [2.05, 4.69) is 6.58 Å². The third kappa shape index (κ3) is 4.46. The quantitative estimate of drug-likeness (QED) is 0.282. The second-order valence-corrected chi connectivity index (χ2v) is 13.8. The Hall–Kier alpha value is -3.09. The van der Waals surface area contributed by atoms with E-state index in [1.165, 1.54) is 19.9 Å². The molecule has 244 valence electrons. The van der Waals surface area contributed by atoms with Crippen molar-refractivity contribution in [1.29, 1.82) is 0 Å². The molecule has 2 bridgehead atoms. The van der Waals surface area contributed by atoms with Crippen LogP contribution in [-0.2, 0) is 38.0 Å². The van der Waals surface area contributed by atoms with Crippen molar-refractivity contribution in [3.05, 3.63) is 59.7 Å². The third-order valence-corrected chi connectivity index (χ3v) is 11.1. The van der Waals surface area contributed by atoms with Gasteiger partial charge in [0.05, 0.1) is 30.3 Å². The summed E-state index contributed by atoms with van der Waals surface area (Å²) in [7, 11) is 0. The molecule has 2 N–H and O–H groups in total. The van der Waals surface area contributed by atoms with E-state index in [4.69, 9.17) is 28.4 Å². The van der Waals surface area contributed by atoms with Gasteiger partial charge in [-0.2, -0.15) is 0 Å². The molecule has 4 fully saturated rings. The Balaban J connectivity index is 1.68. The Bertz CT molecular complexity index is 1440. The number of carbonyl (C=O) groups is 3. The number of esters is 3. The van der Waals surface area contributed by atoms with E-state index in [1.807, 2.05) is 6.92 Å². The molecule has 5 aliphatic rings. The molecule has 11 atom stereocenters. The van der Waals surface area contributed by atoms with Crippen LogP contribution in [0.3, 0.4) is 0 Å². The van der Waals surface area contributed by atoms with Crippen LogP contribution < -0.4 is 0 Å². The number of aliphatic hydroxyl groups is 2.